The van der Waals surface area contributed by atoms with Crippen LogP contribution in [0.25, 0.3) is 0 Å². The molecular weight excluding hydrogens is 389 g/mol. The van der Waals surface area contributed by atoms with Gasteiger partial charge in [0.15, 0.2) is 0 Å². The number of nitrogens with one attached hydrogen (secondary N) is 1. The van der Waals surface area contributed by atoms with E-state index in [0.717, 1.165) is 19.7 Å². The van der Waals surface area contributed by atoms with Crippen molar-refractivity contribution in [1.82, 2.24) is 10.2 Å². The highest BCUT2D eigenvalue weighted by molar-refractivity contribution is 6.33. The van der Waals surface area contributed by atoms with E-state index in [4.69, 9.17) is 26.8 Å². The zero-order valence-corrected chi connectivity index (χ0v) is 17.0. The molecule has 1 fully saturated rings. The number of nitrogens with two attached hydrogens (primary N) is 1. The van der Waals surface area contributed by atoms with Crippen LogP contribution in [0.3, 0.4) is 0 Å². The third-order valence-electron chi connectivity index (χ3n) is 4.05. The van der Waals surface area contributed by atoms with Crippen LogP contribution in [0.15, 0.2) is 12.1 Å². The van der Waals surface area contributed by atoms with Crippen LogP contribution in [0.4, 0.5) is 5.69 Å². The van der Waals surface area contributed by atoms with Crippen molar-refractivity contribution >= 4 is 48.0 Å². The first-order valence-electron chi connectivity index (χ1n) is 7.59. The minimum absolute atomic E-state index is 0. The Morgan fingerprint density at radius 2 is 2.12 bits per heavy atom. The summed E-state index contributed by atoms with van der Waals surface area (Å²) < 4.78 is 10.7. The van der Waals surface area contributed by atoms with Crippen LogP contribution in [0.1, 0.15) is 24.2 Å². The Hall–Kier alpha value is -0.920. The summed E-state index contributed by atoms with van der Waals surface area (Å²) in [6.45, 7) is 7.84. The van der Waals surface area contributed by atoms with Crippen molar-refractivity contribution in [3.63, 3.8) is 0 Å². The molecule has 0 saturated carbocycles. The largest absolute Gasteiger partial charge is 0.496 e. The summed E-state index contributed by atoms with van der Waals surface area (Å²) in [6, 6.07) is 3.09. The lowest BCUT2D eigenvalue weighted by Crippen LogP contribution is -2.54. The summed E-state index contributed by atoms with van der Waals surface area (Å²) >= 11 is 6.00. The molecule has 0 spiro atoms. The van der Waals surface area contributed by atoms with E-state index in [-0.39, 0.29) is 36.3 Å². The number of carbonyl (C=O) groups is 1. The highest BCUT2D eigenvalue weighted by atomic mass is 35.5. The topological polar surface area (TPSA) is 76.8 Å². The maximum absolute atomic E-state index is 12.4. The summed E-state index contributed by atoms with van der Waals surface area (Å²) in [7, 11) is 1.50. The average molecular weight is 415 g/mol. The number of halogens is 3. The number of morpholine rings is 1. The Labute approximate surface area is 166 Å². The number of nitrogen functional groups attached to an aromatic ring is 1. The fourth-order valence-electron chi connectivity index (χ4n) is 2.62. The lowest BCUT2D eigenvalue weighted by molar-refractivity contribution is -0.0498. The zero-order chi connectivity index (χ0) is 17.0. The van der Waals surface area contributed by atoms with E-state index in [0.29, 0.717) is 35.2 Å². The second-order valence-corrected chi connectivity index (χ2v) is 6.59. The Bertz CT molecular complexity index is 585. The third kappa shape index (κ3) is 6.08. The van der Waals surface area contributed by atoms with Gasteiger partial charge in [-0.25, -0.2) is 0 Å². The molecule has 1 aromatic rings. The molecule has 1 saturated heterocycles. The van der Waals surface area contributed by atoms with Crippen molar-refractivity contribution in [2.75, 3.05) is 45.7 Å². The molecule has 1 aliphatic heterocycles. The van der Waals surface area contributed by atoms with Gasteiger partial charge < -0.3 is 20.5 Å². The lowest BCUT2D eigenvalue weighted by atomic mass is 10.0. The zero-order valence-electron chi connectivity index (χ0n) is 14.6. The maximum atomic E-state index is 12.4. The van der Waals surface area contributed by atoms with E-state index >= 15 is 0 Å². The molecule has 1 amide bonds. The number of nitrogens with zero attached hydrogens (tertiary/aromatic N) is 1. The van der Waals surface area contributed by atoms with Crippen LogP contribution < -0.4 is 15.8 Å². The first-order chi connectivity index (χ1) is 10.8. The predicted octanol–water partition coefficient (Wildman–Crippen LogP) is 2.62. The van der Waals surface area contributed by atoms with Crippen molar-refractivity contribution in [3.05, 3.63) is 22.7 Å². The van der Waals surface area contributed by atoms with Crippen LogP contribution in [0, 0.1) is 0 Å². The van der Waals surface area contributed by atoms with Crippen molar-refractivity contribution in [2.24, 2.45) is 0 Å². The Morgan fingerprint density at radius 3 is 2.72 bits per heavy atom. The van der Waals surface area contributed by atoms with Crippen LogP contribution >= 0.6 is 36.4 Å². The van der Waals surface area contributed by atoms with Gasteiger partial charge in [-0.3, -0.25) is 9.69 Å². The molecule has 3 N–H and O–H groups in total. The number of carbonyl (C=O) groups excluding carboxylic acids is 1. The number of methoxy groups -OCH3 is 1. The summed E-state index contributed by atoms with van der Waals surface area (Å²) in [5.41, 5.74) is 6.47. The third-order valence-corrected chi connectivity index (χ3v) is 4.37. The quantitative estimate of drug-likeness (QED) is 0.724. The van der Waals surface area contributed by atoms with Crippen molar-refractivity contribution in [3.8, 4) is 5.75 Å². The lowest BCUT2D eigenvalue weighted by Gasteiger charge is -2.42. The molecular formula is C16H26Cl3N3O3. The van der Waals surface area contributed by atoms with Gasteiger partial charge in [0, 0.05) is 31.2 Å². The minimum Gasteiger partial charge on any atom is -0.496 e. The van der Waals surface area contributed by atoms with Gasteiger partial charge in [0.1, 0.15) is 5.75 Å². The second kappa shape index (κ2) is 10.3. The molecule has 0 atom stereocenters. The number of hydrogen-bond donors (Lipinski definition) is 2. The highest BCUT2D eigenvalue weighted by Gasteiger charge is 2.30. The van der Waals surface area contributed by atoms with Crippen LogP contribution in [-0.4, -0.2) is 56.3 Å². The Morgan fingerprint density at radius 1 is 1.44 bits per heavy atom. The van der Waals surface area contributed by atoms with E-state index in [1.54, 1.807) is 6.07 Å². The number of amides is 1. The molecule has 0 radical (unpaired) electrons. The standard InChI is InChI=1S/C16H24ClN3O3.2ClH/c1-16(2)10-23-7-6-20(16)5-4-19-15(21)11-8-12(17)13(18)9-14(11)22-3;;/h8-9H,4-7,10,18H2,1-3H3,(H,19,21);2*1H. The molecule has 1 aromatic carbocycles. The molecule has 1 aliphatic rings. The van der Waals surface area contributed by atoms with E-state index in [9.17, 15) is 4.79 Å². The minimum atomic E-state index is -0.227. The van der Waals surface area contributed by atoms with Crippen LogP contribution in [0.5, 0.6) is 5.75 Å². The number of hydrogen-bond acceptors (Lipinski definition) is 5. The van der Waals surface area contributed by atoms with Gasteiger partial charge in [0.25, 0.3) is 5.91 Å². The van der Waals surface area contributed by atoms with Gasteiger partial charge in [-0.05, 0) is 19.9 Å². The van der Waals surface area contributed by atoms with Crippen molar-refractivity contribution in [1.29, 1.82) is 0 Å². The molecule has 0 aliphatic carbocycles. The summed E-state index contributed by atoms with van der Waals surface area (Å²) in [5, 5.41) is 3.24. The maximum Gasteiger partial charge on any atom is 0.255 e. The molecule has 0 aromatic heterocycles. The van der Waals surface area contributed by atoms with Gasteiger partial charge in [-0.15, -0.1) is 24.8 Å². The first kappa shape index (κ1) is 24.1. The molecule has 1 heterocycles. The van der Waals surface area contributed by atoms with E-state index in [1.807, 2.05) is 0 Å². The molecule has 25 heavy (non-hydrogen) atoms. The van der Waals surface area contributed by atoms with E-state index < -0.39 is 0 Å². The summed E-state index contributed by atoms with van der Waals surface area (Å²) in [6.07, 6.45) is 0. The van der Waals surface area contributed by atoms with Crippen molar-refractivity contribution < 1.29 is 14.3 Å². The van der Waals surface area contributed by atoms with Crippen LogP contribution in [-0.2, 0) is 4.74 Å². The predicted molar refractivity (Wildman–Crippen MR) is 106 cm³/mol. The molecule has 9 heteroatoms. The molecule has 144 valence electrons. The second-order valence-electron chi connectivity index (χ2n) is 6.18. The fraction of sp³-hybridized carbons (Fsp3) is 0.562. The van der Waals surface area contributed by atoms with Gasteiger partial charge in [0.05, 0.1) is 36.6 Å². The highest BCUT2D eigenvalue weighted by Crippen LogP contribution is 2.28. The van der Waals surface area contributed by atoms with Gasteiger partial charge in [-0.1, -0.05) is 11.6 Å². The smallest absolute Gasteiger partial charge is 0.255 e. The van der Waals surface area contributed by atoms with Gasteiger partial charge >= 0.3 is 0 Å². The normalized spacial score (nSPS) is 16.3. The number of ether oxygens (including phenoxy) is 2. The molecule has 6 nitrogen and oxygen atoms in total. The van der Waals surface area contributed by atoms with E-state index in [2.05, 4.69) is 24.1 Å². The van der Waals surface area contributed by atoms with Gasteiger partial charge in [-0.2, -0.15) is 0 Å². The van der Waals surface area contributed by atoms with E-state index in [1.165, 1.54) is 13.2 Å². The number of rotatable bonds is 5. The number of anilines is 1. The molecule has 0 bridgehead atoms. The summed E-state index contributed by atoms with van der Waals surface area (Å²) in [5.74, 6) is 0.186. The van der Waals surface area contributed by atoms with Gasteiger partial charge in [0.2, 0.25) is 0 Å². The number of benzene rings is 1. The monoisotopic (exact) mass is 413 g/mol. The SMILES string of the molecule is COc1cc(N)c(Cl)cc1C(=O)NCCN1CCOCC1(C)C.Cl.Cl. The fourth-order valence-corrected chi connectivity index (χ4v) is 2.78. The average Bonchev–Trinajstić information content (AvgIpc) is 2.50. The molecule has 2 rings (SSSR count). The Kier molecular flexibility index (Phi) is 9.90. The Balaban J connectivity index is 0.00000288. The summed E-state index contributed by atoms with van der Waals surface area (Å²) in [4.78, 5) is 14.7. The first-order valence-corrected chi connectivity index (χ1v) is 7.97. The van der Waals surface area contributed by atoms with Crippen molar-refractivity contribution in [2.45, 2.75) is 19.4 Å². The molecule has 0 unspecified atom stereocenters. The van der Waals surface area contributed by atoms with Crippen LogP contribution in [0.2, 0.25) is 5.02 Å².